The number of anilines is 2. The van der Waals surface area contributed by atoms with E-state index >= 15 is 0 Å². The largest absolute Gasteiger partial charge is 0.388 e. The van der Waals surface area contributed by atoms with Gasteiger partial charge in [-0.1, -0.05) is 0 Å². The molecule has 0 bridgehead atoms. The number of piperidine rings is 1. The Bertz CT molecular complexity index is 990. The van der Waals surface area contributed by atoms with Gasteiger partial charge in [0.2, 0.25) is 16.0 Å². The molecule has 0 radical (unpaired) electrons. The van der Waals surface area contributed by atoms with Crippen LogP contribution in [-0.2, 0) is 10.0 Å². The molecule has 2 atom stereocenters. The third kappa shape index (κ3) is 4.41. The van der Waals surface area contributed by atoms with Gasteiger partial charge in [-0.15, -0.1) is 0 Å². The topological polar surface area (TPSA) is 133 Å². The number of hydrogen-bond donors (Lipinski definition) is 3. The van der Waals surface area contributed by atoms with E-state index in [1.165, 1.54) is 16.9 Å². The predicted molar refractivity (Wildman–Crippen MR) is 110 cm³/mol. The van der Waals surface area contributed by atoms with E-state index in [9.17, 15) is 13.5 Å². The normalized spacial score (nSPS) is 26.7. The van der Waals surface area contributed by atoms with Gasteiger partial charge in [0.15, 0.2) is 5.82 Å². The number of aromatic nitrogens is 4. The van der Waals surface area contributed by atoms with Crippen molar-refractivity contribution in [1.82, 2.24) is 24.2 Å². The van der Waals surface area contributed by atoms with Gasteiger partial charge in [-0.25, -0.2) is 32.7 Å². The highest BCUT2D eigenvalue weighted by Crippen LogP contribution is 2.32. The lowest BCUT2D eigenvalue weighted by Gasteiger charge is -2.30. The van der Waals surface area contributed by atoms with Crippen molar-refractivity contribution in [1.29, 1.82) is 0 Å². The average Bonchev–Trinajstić information content (AvgIpc) is 3.00. The molecule has 2 aliphatic rings. The smallest absolute Gasteiger partial charge is 0.223 e. The number of aliphatic hydroxyl groups is 1. The number of fused-ring (bicyclic) bond motifs is 1. The highest BCUT2D eigenvalue weighted by Gasteiger charge is 2.37. The van der Waals surface area contributed by atoms with Gasteiger partial charge in [-0.3, -0.25) is 0 Å². The maximum Gasteiger partial charge on any atom is 0.223 e. The fourth-order valence-corrected chi connectivity index (χ4v) is 4.96. The number of nitrogens with zero attached hydrogens (tertiary/aromatic N) is 5. The lowest BCUT2D eigenvalue weighted by atomic mass is 10.0. The lowest BCUT2D eigenvalue weighted by molar-refractivity contribution is 0.0578. The van der Waals surface area contributed by atoms with Gasteiger partial charge in [0.05, 0.1) is 24.1 Å². The van der Waals surface area contributed by atoms with Crippen LogP contribution in [0.25, 0.3) is 11.0 Å². The Morgan fingerprint density at radius 3 is 2.59 bits per heavy atom. The van der Waals surface area contributed by atoms with Gasteiger partial charge in [0.25, 0.3) is 0 Å². The minimum Gasteiger partial charge on any atom is -0.388 e. The molecule has 10 nitrogen and oxygen atoms in total. The fraction of sp³-hybridized carbons (Fsp3) is 0.667. The zero-order chi connectivity index (χ0) is 20.6. The van der Waals surface area contributed by atoms with Crippen LogP contribution in [-0.4, -0.2) is 74.8 Å². The van der Waals surface area contributed by atoms with E-state index in [2.05, 4.69) is 30.6 Å². The van der Waals surface area contributed by atoms with Gasteiger partial charge >= 0.3 is 0 Å². The number of hydrogen-bond acceptors (Lipinski definition) is 9. The molecule has 3 N–H and O–H groups in total. The van der Waals surface area contributed by atoms with E-state index in [1.807, 2.05) is 6.92 Å². The van der Waals surface area contributed by atoms with Crippen LogP contribution in [0.3, 0.4) is 0 Å². The van der Waals surface area contributed by atoms with Gasteiger partial charge in [0, 0.05) is 19.1 Å². The Kier molecular flexibility index (Phi) is 5.30. The molecule has 4 rings (SSSR count). The molecule has 1 aliphatic heterocycles. The molecule has 2 fully saturated rings. The second-order valence-corrected chi connectivity index (χ2v) is 10.2. The van der Waals surface area contributed by atoms with Crippen LogP contribution >= 0.6 is 0 Å². The van der Waals surface area contributed by atoms with Gasteiger partial charge < -0.3 is 15.7 Å². The van der Waals surface area contributed by atoms with Crippen molar-refractivity contribution in [2.24, 2.45) is 0 Å². The van der Waals surface area contributed by atoms with Crippen molar-refractivity contribution < 1.29 is 13.5 Å². The highest BCUT2D eigenvalue weighted by atomic mass is 32.2. The summed E-state index contributed by atoms with van der Waals surface area (Å²) in [6.45, 7) is 2.80. The molecule has 3 heterocycles. The quantitative estimate of drug-likeness (QED) is 0.646. The summed E-state index contributed by atoms with van der Waals surface area (Å²) in [4.78, 5) is 17.5. The van der Waals surface area contributed by atoms with Crippen LogP contribution in [0.1, 0.15) is 39.0 Å². The van der Waals surface area contributed by atoms with E-state index in [1.54, 1.807) is 6.20 Å². The van der Waals surface area contributed by atoms with Crippen molar-refractivity contribution in [3.63, 3.8) is 0 Å². The SMILES string of the molecule is CC1(O)CCCC1Nc1ncnc2cnc(NC3CCN(S(C)(=O)=O)CC3)nc12. The number of rotatable bonds is 5. The van der Waals surface area contributed by atoms with Crippen LogP contribution < -0.4 is 10.6 Å². The minimum absolute atomic E-state index is 0.0905. The van der Waals surface area contributed by atoms with Crippen LogP contribution in [0.4, 0.5) is 11.8 Å². The third-order valence-corrected chi connectivity index (χ3v) is 7.17. The lowest BCUT2D eigenvalue weighted by Crippen LogP contribution is -2.42. The minimum atomic E-state index is -3.15. The number of sulfonamides is 1. The molecule has 0 spiro atoms. The molecule has 2 aromatic heterocycles. The molecular formula is C18H27N7O3S. The Hall–Kier alpha value is -2.11. The van der Waals surface area contributed by atoms with E-state index < -0.39 is 15.6 Å². The molecule has 0 amide bonds. The van der Waals surface area contributed by atoms with Gasteiger partial charge in [0.1, 0.15) is 17.4 Å². The Labute approximate surface area is 170 Å². The molecule has 1 saturated heterocycles. The zero-order valence-electron chi connectivity index (χ0n) is 16.7. The highest BCUT2D eigenvalue weighted by molar-refractivity contribution is 7.88. The second kappa shape index (κ2) is 7.62. The first-order valence-electron chi connectivity index (χ1n) is 9.91. The van der Waals surface area contributed by atoms with Gasteiger partial charge in [-0.05, 0) is 39.0 Å². The summed E-state index contributed by atoms with van der Waals surface area (Å²) in [6, 6.07) is 0.00866. The fourth-order valence-electron chi connectivity index (χ4n) is 4.09. The summed E-state index contributed by atoms with van der Waals surface area (Å²) in [5, 5.41) is 17.2. The standard InChI is InChI=1S/C18H27N7O3S/c1-18(26)7-3-4-14(18)23-16-15-13(20-11-21-16)10-19-17(24-15)22-12-5-8-25(9-6-12)29(2,27)28/h10-12,14,26H,3-9H2,1-2H3,(H,19,22,24)(H,20,21,23). The Balaban J connectivity index is 1.50. The number of nitrogens with one attached hydrogen (secondary N) is 2. The van der Waals surface area contributed by atoms with Crippen LogP contribution in [0.15, 0.2) is 12.5 Å². The third-order valence-electron chi connectivity index (χ3n) is 5.87. The summed E-state index contributed by atoms with van der Waals surface area (Å²) in [5.41, 5.74) is 0.442. The first-order valence-corrected chi connectivity index (χ1v) is 11.8. The first-order chi connectivity index (χ1) is 13.7. The van der Waals surface area contributed by atoms with E-state index in [4.69, 9.17) is 0 Å². The summed E-state index contributed by atoms with van der Waals surface area (Å²) in [6.07, 6.45) is 8.31. The summed E-state index contributed by atoms with van der Waals surface area (Å²) >= 11 is 0. The molecule has 2 aromatic rings. The molecule has 1 aliphatic carbocycles. The van der Waals surface area contributed by atoms with E-state index in [0.29, 0.717) is 48.7 Å². The molecule has 158 valence electrons. The predicted octanol–water partition coefficient (Wildman–Crippen LogP) is 0.971. The van der Waals surface area contributed by atoms with Crippen LogP contribution in [0.2, 0.25) is 0 Å². The van der Waals surface area contributed by atoms with Crippen molar-refractivity contribution in [2.75, 3.05) is 30.0 Å². The van der Waals surface area contributed by atoms with Crippen molar-refractivity contribution >= 4 is 32.8 Å². The summed E-state index contributed by atoms with van der Waals surface area (Å²) < 4.78 is 24.8. The first kappa shape index (κ1) is 20.2. The van der Waals surface area contributed by atoms with Crippen molar-refractivity contribution in [3.8, 4) is 0 Å². The molecule has 0 aromatic carbocycles. The maximum absolute atomic E-state index is 11.7. The average molecular weight is 422 g/mol. The van der Waals surface area contributed by atoms with Crippen molar-refractivity contribution in [2.45, 2.75) is 56.7 Å². The van der Waals surface area contributed by atoms with Crippen LogP contribution in [0.5, 0.6) is 0 Å². The van der Waals surface area contributed by atoms with E-state index in [0.717, 1.165) is 19.3 Å². The Morgan fingerprint density at radius 2 is 1.93 bits per heavy atom. The molecule has 2 unspecified atom stereocenters. The second-order valence-electron chi connectivity index (χ2n) is 8.18. The maximum atomic E-state index is 11.7. The molecule has 11 heteroatoms. The summed E-state index contributed by atoms with van der Waals surface area (Å²) in [7, 11) is -3.15. The molecule has 1 saturated carbocycles. The van der Waals surface area contributed by atoms with Crippen LogP contribution in [0, 0.1) is 0 Å². The molecular weight excluding hydrogens is 394 g/mol. The van der Waals surface area contributed by atoms with E-state index in [-0.39, 0.29) is 12.1 Å². The van der Waals surface area contributed by atoms with Crippen molar-refractivity contribution in [3.05, 3.63) is 12.5 Å². The zero-order valence-corrected chi connectivity index (χ0v) is 17.5. The summed E-state index contributed by atoms with van der Waals surface area (Å²) in [5.74, 6) is 1.05. The monoisotopic (exact) mass is 421 g/mol. The van der Waals surface area contributed by atoms with Gasteiger partial charge in [-0.2, -0.15) is 0 Å². The molecule has 29 heavy (non-hydrogen) atoms. The Morgan fingerprint density at radius 1 is 1.17 bits per heavy atom.